The normalized spacial score (nSPS) is 38.5. The highest BCUT2D eigenvalue weighted by molar-refractivity contribution is 6.02. The smallest absolute Gasteiger partial charge is 0.315 e. The summed E-state index contributed by atoms with van der Waals surface area (Å²) in [6, 6.07) is -0.392. The van der Waals surface area contributed by atoms with Crippen molar-refractivity contribution in [1.29, 1.82) is 0 Å². The number of amides is 5. The zero-order chi connectivity index (χ0) is 22.1. The number of carbonyl (C=O) groups excluding carboxylic acids is 4. The van der Waals surface area contributed by atoms with Gasteiger partial charge in [-0.2, -0.15) is 0 Å². The Hall–Kier alpha value is -2.12. The van der Waals surface area contributed by atoms with Gasteiger partial charge in [0.25, 0.3) is 0 Å². The Labute approximate surface area is 184 Å². The van der Waals surface area contributed by atoms with E-state index in [-0.39, 0.29) is 54.0 Å². The molecule has 0 aromatic rings. The summed E-state index contributed by atoms with van der Waals surface area (Å²) in [6.07, 6.45) is 6.92. The predicted octanol–water partition coefficient (Wildman–Crippen LogP) is 1.79. The van der Waals surface area contributed by atoms with Crippen LogP contribution < -0.4 is 16.0 Å². The molecule has 6 unspecified atom stereocenters. The van der Waals surface area contributed by atoms with Crippen LogP contribution in [0.15, 0.2) is 0 Å². The monoisotopic (exact) mass is 432 g/mol. The van der Waals surface area contributed by atoms with Crippen molar-refractivity contribution >= 4 is 23.8 Å². The Morgan fingerprint density at radius 3 is 2.52 bits per heavy atom. The Morgan fingerprint density at radius 2 is 1.81 bits per heavy atom. The molecule has 6 atom stereocenters. The molecule has 2 heterocycles. The molecule has 4 fully saturated rings. The molecule has 2 saturated heterocycles. The van der Waals surface area contributed by atoms with E-state index in [1.807, 2.05) is 0 Å². The number of hydrogen-bond donors (Lipinski definition) is 3. The van der Waals surface area contributed by atoms with Gasteiger partial charge < -0.3 is 15.5 Å². The molecule has 2 aliphatic carbocycles. The summed E-state index contributed by atoms with van der Waals surface area (Å²) in [5, 5.41) is 8.58. The topological polar surface area (TPSA) is 108 Å². The van der Waals surface area contributed by atoms with E-state index >= 15 is 0 Å². The zero-order valence-electron chi connectivity index (χ0n) is 18.7. The van der Waals surface area contributed by atoms with Crippen molar-refractivity contribution in [3.63, 3.8) is 0 Å². The number of nitrogens with zero attached hydrogens (tertiary/aromatic N) is 1. The molecule has 3 N–H and O–H groups in total. The summed E-state index contributed by atoms with van der Waals surface area (Å²) in [4.78, 5) is 50.9. The van der Waals surface area contributed by atoms with Crippen molar-refractivity contribution in [1.82, 2.24) is 20.9 Å². The first-order valence-corrected chi connectivity index (χ1v) is 12.0. The fourth-order valence-corrected chi connectivity index (χ4v) is 6.25. The fraction of sp³-hybridized carbons (Fsp3) is 0.826. The van der Waals surface area contributed by atoms with Gasteiger partial charge in [0, 0.05) is 31.5 Å². The number of urea groups is 1. The van der Waals surface area contributed by atoms with Crippen LogP contribution in [-0.4, -0.2) is 53.8 Å². The van der Waals surface area contributed by atoms with Gasteiger partial charge in [0.1, 0.15) is 6.04 Å². The van der Waals surface area contributed by atoms with E-state index in [9.17, 15) is 19.2 Å². The average Bonchev–Trinajstić information content (AvgIpc) is 3.05. The maximum Gasteiger partial charge on any atom is 0.315 e. The van der Waals surface area contributed by atoms with Crippen LogP contribution in [0.3, 0.4) is 0 Å². The third kappa shape index (κ3) is 4.72. The first kappa shape index (κ1) is 22.1. The minimum atomic E-state index is -0.516. The molecule has 2 saturated carbocycles. The first-order chi connectivity index (χ1) is 14.8. The van der Waals surface area contributed by atoms with Crippen LogP contribution in [0, 0.1) is 29.6 Å². The highest BCUT2D eigenvalue weighted by Gasteiger charge is 2.48. The lowest BCUT2D eigenvalue weighted by molar-refractivity contribution is -0.144. The summed E-state index contributed by atoms with van der Waals surface area (Å²) in [6.45, 7) is 5.60. The van der Waals surface area contributed by atoms with Gasteiger partial charge in [-0.3, -0.25) is 19.7 Å². The standard InChI is InChI=1S/C23H36N4O4/c1-13-4-3-5-14(2)20(13)26-23(31)24-11-15-6-7-16-12-27(22(30)17(16)10-15)18-8-9-19(28)25-21(18)29/h13-18,20H,3-12H2,1-2H3,(H2,24,26,31)(H,25,28,29). The van der Waals surface area contributed by atoms with Crippen LogP contribution in [0.4, 0.5) is 4.79 Å². The lowest BCUT2D eigenvalue weighted by Gasteiger charge is -2.35. The van der Waals surface area contributed by atoms with Gasteiger partial charge in [-0.05, 0) is 62.2 Å². The molecule has 0 bridgehead atoms. The van der Waals surface area contributed by atoms with Crippen LogP contribution in [0.5, 0.6) is 0 Å². The lowest BCUT2D eigenvalue weighted by Crippen LogP contribution is -2.53. The minimum Gasteiger partial charge on any atom is -0.338 e. The number of hydrogen-bond acceptors (Lipinski definition) is 4. The molecule has 8 heteroatoms. The molecule has 0 aromatic carbocycles. The highest BCUT2D eigenvalue weighted by Crippen LogP contribution is 2.41. The summed E-state index contributed by atoms with van der Waals surface area (Å²) in [5.41, 5.74) is 0. The molecule has 8 nitrogen and oxygen atoms in total. The number of nitrogens with one attached hydrogen (secondary N) is 3. The highest BCUT2D eigenvalue weighted by atomic mass is 16.2. The maximum absolute atomic E-state index is 13.0. The third-order valence-electron chi connectivity index (χ3n) is 8.11. The third-order valence-corrected chi connectivity index (χ3v) is 8.11. The number of carbonyl (C=O) groups is 4. The number of fused-ring (bicyclic) bond motifs is 1. The van der Waals surface area contributed by atoms with E-state index in [2.05, 4.69) is 29.8 Å². The van der Waals surface area contributed by atoms with Crippen molar-refractivity contribution in [3.8, 4) is 0 Å². The zero-order valence-corrected chi connectivity index (χ0v) is 18.7. The molecule has 4 rings (SSSR count). The lowest BCUT2D eigenvalue weighted by atomic mass is 9.75. The summed E-state index contributed by atoms with van der Waals surface area (Å²) < 4.78 is 0. The molecule has 4 aliphatic rings. The Morgan fingerprint density at radius 1 is 1.06 bits per heavy atom. The fourth-order valence-electron chi connectivity index (χ4n) is 6.25. The molecule has 2 aliphatic heterocycles. The van der Waals surface area contributed by atoms with Crippen molar-refractivity contribution in [3.05, 3.63) is 0 Å². The van der Waals surface area contributed by atoms with Gasteiger partial charge in [0.15, 0.2) is 0 Å². The molecule has 0 spiro atoms. The Balaban J connectivity index is 1.27. The van der Waals surface area contributed by atoms with Gasteiger partial charge >= 0.3 is 6.03 Å². The van der Waals surface area contributed by atoms with Crippen LogP contribution >= 0.6 is 0 Å². The SMILES string of the molecule is CC1CCCC(C)C1NC(=O)NCC1CCC2CN(C3CCC(=O)NC3=O)C(=O)C2C1. The van der Waals surface area contributed by atoms with Crippen molar-refractivity contribution < 1.29 is 19.2 Å². The molecule has 31 heavy (non-hydrogen) atoms. The largest absolute Gasteiger partial charge is 0.338 e. The Kier molecular flexibility index (Phi) is 6.53. The summed E-state index contributed by atoms with van der Waals surface area (Å²) in [7, 11) is 0. The maximum atomic E-state index is 13.0. The van der Waals surface area contributed by atoms with E-state index in [1.165, 1.54) is 6.42 Å². The van der Waals surface area contributed by atoms with E-state index in [0.717, 1.165) is 32.1 Å². The summed E-state index contributed by atoms with van der Waals surface area (Å²) >= 11 is 0. The van der Waals surface area contributed by atoms with Gasteiger partial charge in [0.2, 0.25) is 17.7 Å². The van der Waals surface area contributed by atoms with Gasteiger partial charge in [0.05, 0.1) is 0 Å². The van der Waals surface area contributed by atoms with E-state index in [0.29, 0.717) is 31.3 Å². The van der Waals surface area contributed by atoms with Crippen LogP contribution in [-0.2, 0) is 14.4 Å². The van der Waals surface area contributed by atoms with E-state index in [4.69, 9.17) is 0 Å². The summed E-state index contributed by atoms with van der Waals surface area (Å²) in [5.74, 6) is 0.909. The first-order valence-electron chi connectivity index (χ1n) is 12.0. The van der Waals surface area contributed by atoms with Gasteiger partial charge in [-0.15, -0.1) is 0 Å². The molecule has 172 valence electrons. The van der Waals surface area contributed by atoms with Crippen LogP contribution in [0.2, 0.25) is 0 Å². The minimum absolute atomic E-state index is 0.0403. The number of imide groups is 1. The average molecular weight is 433 g/mol. The second-order valence-electron chi connectivity index (χ2n) is 10.3. The van der Waals surface area contributed by atoms with E-state index in [1.54, 1.807) is 4.90 Å². The molecular weight excluding hydrogens is 396 g/mol. The van der Waals surface area contributed by atoms with Crippen molar-refractivity contribution in [2.24, 2.45) is 29.6 Å². The predicted molar refractivity (Wildman–Crippen MR) is 115 cm³/mol. The number of likely N-dealkylation sites (tertiary alicyclic amines) is 1. The molecule has 5 amide bonds. The molecule has 0 aromatic heterocycles. The van der Waals surface area contributed by atoms with Gasteiger partial charge in [-0.1, -0.05) is 20.3 Å². The van der Waals surface area contributed by atoms with E-state index < -0.39 is 6.04 Å². The molecule has 0 radical (unpaired) electrons. The van der Waals surface area contributed by atoms with Gasteiger partial charge in [-0.25, -0.2) is 4.79 Å². The van der Waals surface area contributed by atoms with Crippen molar-refractivity contribution in [2.75, 3.05) is 13.1 Å². The second kappa shape index (κ2) is 9.17. The number of rotatable bonds is 4. The molecular formula is C23H36N4O4. The van der Waals surface area contributed by atoms with Crippen LogP contribution in [0.25, 0.3) is 0 Å². The van der Waals surface area contributed by atoms with Crippen molar-refractivity contribution in [2.45, 2.75) is 77.3 Å². The quantitative estimate of drug-likeness (QED) is 0.589. The Bertz CT molecular complexity index is 731. The second-order valence-corrected chi connectivity index (χ2v) is 10.3. The van der Waals surface area contributed by atoms with Crippen LogP contribution in [0.1, 0.15) is 65.2 Å². The number of piperidine rings is 1.